The number of hydrogen-bond donors (Lipinski definition) is 1. The number of allylic oxidation sites excluding steroid dienone is 5. The largest absolute Gasteiger partial charge is 0.508 e. The fourth-order valence-corrected chi connectivity index (χ4v) is 4.65. The van der Waals surface area contributed by atoms with Gasteiger partial charge in [-0.3, -0.25) is 4.90 Å². The lowest BCUT2D eigenvalue weighted by atomic mass is 9.87. The van der Waals surface area contributed by atoms with Gasteiger partial charge in [0.15, 0.2) is 0 Å². The quantitative estimate of drug-likeness (QED) is 0.796. The lowest BCUT2D eigenvalue weighted by Crippen LogP contribution is -2.48. The van der Waals surface area contributed by atoms with Gasteiger partial charge in [0.1, 0.15) is 5.75 Å². The summed E-state index contributed by atoms with van der Waals surface area (Å²) in [4.78, 5) is 5.03. The van der Waals surface area contributed by atoms with Crippen LogP contribution in [0.4, 0.5) is 5.69 Å². The number of aromatic hydroxyl groups is 1. The molecule has 2 heterocycles. The predicted octanol–water partition coefficient (Wildman–Crippen LogP) is 2.84. The second kappa shape index (κ2) is 4.26. The summed E-state index contributed by atoms with van der Waals surface area (Å²) >= 11 is 0. The molecule has 3 heteroatoms. The summed E-state index contributed by atoms with van der Waals surface area (Å²) in [7, 11) is 2.25. The maximum Gasteiger partial charge on any atom is 0.116 e. The highest BCUT2D eigenvalue weighted by Crippen LogP contribution is 2.49. The van der Waals surface area contributed by atoms with Crippen molar-refractivity contribution in [2.24, 2.45) is 5.92 Å². The molecule has 0 radical (unpaired) electrons. The number of phenols is 1. The molecular weight excluding hydrogens is 272 g/mol. The average molecular weight is 292 g/mol. The maximum atomic E-state index is 9.90. The maximum absolute atomic E-state index is 9.90. The van der Waals surface area contributed by atoms with E-state index in [1.807, 2.05) is 12.1 Å². The minimum Gasteiger partial charge on any atom is -0.508 e. The van der Waals surface area contributed by atoms with Gasteiger partial charge in [0.05, 0.1) is 6.04 Å². The molecule has 1 aromatic carbocycles. The highest BCUT2D eigenvalue weighted by atomic mass is 16.3. The molecule has 112 valence electrons. The van der Waals surface area contributed by atoms with E-state index in [-0.39, 0.29) is 0 Å². The summed E-state index contributed by atoms with van der Waals surface area (Å²) in [6, 6.07) is 6.39. The molecule has 5 rings (SSSR count). The van der Waals surface area contributed by atoms with Crippen LogP contribution >= 0.6 is 0 Å². The van der Waals surface area contributed by atoms with Crippen LogP contribution in [0.2, 0.25) is 0 Å². The highest BCUT2D eigenvalue weighted by molar-refractivity contribution is 5.69. The van der Waals surface area contributed by atoms with Gasteiger partial charge < -0.3 is 10.0 Å². The summed E-state index contributed by atoms with van der Waals surface area (Å²) in [5.41, 5.74) is 7.04. The molecule has 1 N–H and O–H groups in total. The third kappa shape index (κ3) is 1.55. The number of likely N-dealkylation sites (N-methyl/N-ethyl adjacent to an activating group) is 1. The molecule has 0 amide bonds. The number of fused-ring (bicyclic) bond motifs is 2. The molecule has 0 aromatic heterocycles. The molecule has 1 fully saturated rings. The monoisotopic (exact) mass is 292 g/mol. The van der Waals surface area contributed by atoms with Crippen molar-refractivity contribution in [1.82, 2.24) is 4.90 Å². The van der Waals surface area contributed by atoms with E-state index in [4.69, 9.17) is 0 Å². The summed E-state index contributed by atoms with van der Waals surface area (Å²) in [6.45, 7) is 2.13. The molecule has 1 saturated heterocycles. The van der Waals surface area contributed by atoms with Crippen molar-refractivity contribution in [2.75, 3.05) is 25.0 Å². The van der Waals surface area contributed by atoms with Crippen LogP contribution in [0, 0.1) is 5.92 Å². The average Bonchev–Trinajstić information content (AvgIpc) is 2.83. The highest BCUT2D eigenvalue weighted by Gasteiger charge is 2.43. The van der Waals surface area contributed by atoms with Gasteiger partial charge in [0.25, 0.3) is 0 Å². The van der Waals surface area contributed by atoms with E-state index in [0.717, 1.165) is 19.5 Å². The number of anilines is 1. The zero-order valence-electron chi connectivity index (χ0n) is 12.8. The first kappa shape index (κ1) is 12.5. The van der Waals surface area contributed by atoms with Crippen molar-refractivity contribution in [2.45, 2.75) is 18.9 Å². The first-order valence-corrected chi connectivity index (χ1v) is 8.14. The Balaban J connectivity index is 1.77. The fourth-order valence-electron chi connectivity index (χ4n) is 4.65. The summed E-state index contributed by atoms with van der Waals surface area (Å²) in [5, 5.41) is 9.90. The minimum absolute atomic E-state index is 0.370. The van der Waals surface area contributed by atoms with Crippen LogP contribution in [0.5, 0.6) is 5.75 Å². The lowest BCUT2D eigenvalue weighted by Gasteiger charge is -2.41. The fraction of sp³-hybridized carbons (Fsp3) is 0.368. The smallest absolute Gasteiger partial charge is 0.116 e. The van der Waals surface area contributed by atoms with Crippen LogP contribution in [0.1, 0.15) is 12.0 Å². The number of piperazine rings is 1. The zero-order chi connectivity index (χ0) is 14.8. The Labute approximate surface area is 130 Å². The predicted molar refractivity (Wildman–Crippen MR) is 87.9 cm³/mol. The molecule has 2 aliphatic carbocycles. The molecule has 0 saturated carbocycles. The van der Waals surface area contributed by atoms with Crippen LogP contribution in [0.3, 0.4) is 0 Å². The molecule has 22 heavy (non-hydrogen) atoms. The number of hydrogen-bond acceptors (Lipinski definition) is 3. The standard InChI is InChI=1S/C19H20N2O/c1-20-7-8-21-16-6-5-15(22)10-14(16)9-12-3-2-4-13-11-17(20)19(21)18(12)13/h2-6,10,13,17,22H,7-9,11H2,1H3/t13-,17-/m1/s1. The van der Waals surface area contributed by atoms with Crippen LogP contribution < -0.4 is 4.90 Å². The molecule has 4 aliphatic rings. The summed E-state index contributed by atoms with van der Waals surface area (Å²) in [5.74, 6) is 0.931. The Morgan fingerprint density at radius 2 is 2.14 bits per heavy atom. The van der Waals surface area contributed by atoms with E-state index in [1.165, 1.54) is 28.9 Å². The lowest BCUT2D eigenvalue weighted by molar-refractivity contribution is 0.244. The van der Waals surface area contributed by atoms with Gasteiger partial charge in [-0.25, -0.2) is 0 Å². The molecular formula is C19H20N2O. The van der Waals surface area contributed by atoms with Crippen LogP contribution in [0.25, 0.3) is 0 Å². The van der Waals surface area contributed by atoms with Gasteiger partial charge in [0.2, 0.25) is 0 Å². The van der Waals surface area contributed by atoms with Gasteiger partial charge in [-0.15, -0.1) is 0 Å². The molecule has 3 nitrogen and oxygen atoms in total. The number of rotatable bonds is 0. The normalized spacial score (nSPS) is 29.1. The number of phenolic OH excluding ortho intramolecular Hbond substituents is 1. The van der Waals surface area contributed by atoms with Crippen LogP contribution in [-0.2, 0) is 6.42 Å². The Hall–Kier alpha value is -2.00. The van der Waals surface area contributed by atoms with Crippen molar-refractivity contribution in [3.63, 3.8) is 0 Å². The molecule has 2 atom stereocenters. The van der Waals surface area contributed by atoms with E-state index in [9.17, 15) is 5.11 Å². The first-order chi connectivity index (χ1) is 10.7. The van der Waals surface area contributed by atoms with Crippen molar-refractivity contribution in [1.29, 1.82) is 0 Å². The van der Waals surface area contributed by atoms with E-state index in [1.54, 1.807) is 5.57 Å². The zero-order valence-corrected chi connectivity index (χ0v) is 12.8. The van der Waals surface area contributed by atoms with Crippen molar-refractivity contribution >= 4 is 5.69 Å². The van der Waals surface area contributed by atoms with E-state index >= 15 is 0 Å². The topological polar surface area (TPSA) is 26.7 Å². The Morgan fingerprint density at radius 1 is 1.23 bits per heavy atom. The summed E-state index contributed by atoms with van der Waals surface area (Å²) in [6.07, 6.45) is 8.99. The Morgan fingerprint density at radius 3 is 3.05 bits per heavy atom. The van der Waals surface area contributed by atoms with E-state index in [0.29, 0.717) is 17.7 Å². The molecule has 2 aliphatic heterocycles. The third-order valence-corrected chi connectivity index (χ3v) is 5.66. The number of benzene rings is 1. The Bertz CT molecular complexity index is 759. The van der Waals surface area contributed by atoms with E-state index in [2.05, 4.69) is 41.1 Å². The van der Waals surface area contributed by atoms with Gasteiger partial charge >= 0.3 is 0 Å². The van der Waals surface area contributed by atoms with Gasteiger partial charge in [-0.05, 0) is 54.8 Å². The molecule has 1 aromatic rings. The second-order valence-corrected chi connectivity index (χ2v) is 6.86. The van der Waals surface area contributed by atoms with Crippen LogP contribution in [0.15, 0.2) is 53.3 Å². The van der Waals surface area contributed by atoms with Gasteiger partial charge in [0, 0.05) is 30.4 Å². The van der Waals surface area contributed by atoms with Gasteiger partial charge in [-0.2, -0.15) is 0 Å². The minimum atomic E-state index is 0.370. The molecule has 0 unspecified atom stereocenters. The van der Waals surface area contributed by atoms with Crippen molar-refractivity contribution in [3.05, 3.63) is 58.8 Å². The van der Waals surface area contributed by atoms with Crippen LogP contribution in [-0.4, -0.2) is 36.2 Å². The number of nitrogens with zero attached hydrogens (tertiary/aromatic N) is 2. The molecule has 0 bridgehead atoms. The SMILES string of the molecule is CN1CCN2C3=C4C(=CC=C[C@@H]4C[C@H]31)Cc1cc(O)ccc12. The second-order valence-electron chi connectivity index (χ2n) is 6.86. The van der Waals surface area contributed by atoms with Crippen molar-refractivity contribution < 1.29 is 5.11 Å². The first-order valence-electron chi connectivity index (χ1n) is 8.14. The van der Waals surface area contributed by atoms with Crippen molar-refractivity contribution in [3.8, 4) is 5.75 Å². The third-order valence-electron chi connectivity index (χ3n) is 5.66. The van der Waals surface area contributed by atoms with E-state index < -0.39 is 0 Å². The van der Waals surface area contributed by atoms with Gasteiger partial charge in [-0.1, -0.05) is 18.2 Å². The molecule has 0 spiro atoms. The summed E-state index contributed by atoms with van der Waals surface area (Å²) < 4.78 is 0. The Kier molecular flexibility index (Phi) is 2.43.